The van der Waals surface area contributed by atoms with E-state index in [1.54, 1.807) is 12.1 Å². The molecule has 2 aliphatic carbocycles. The molecule has 2 fully saturated rings. The first-order valence-electron chi connectivity index (χ1n) is 9.37. The number of fused-ring (bicyclic) bond motifs is 1. The first-order chi connectivity index (χ1) is 12.7. The fourth-order valence-electron chi connectivity index (χ4n) is 3.62. The van der Waals surface area contributed by atoms with E-state index < -0.39 is 0 Å². The molecule has 0 bridgehead atoms. The second-order valence-corrected chi connectivity index (χ2v) is 7.40. The van der Waals surface area contributed by atoms with Crippen LogP contribution >= 0.6 is 0 Å². The van der Waals surface area contributed by atoms with E-state index in [9.17, 15) is 4.79 Å². The first-order valence-corrected chi connectivity index (χ1v) is 9.37. The highest BCUT2D eigenvalue weighted by Crippen LogP contribution is 2.46. The van der Waals surface area contributed by atoms with Crippen LogP contribution in [0, 0.1) is 0 Å². The van der Waals surface area contributed by atoms with Gasteiger partial charge in [-0.05, 0) is 56.0 Å². The molecule has 1 aromatic carbocycles. The summed E-state index contributed by atoms with van der Waals surface area (Å²) in [6, 6.07) is 10.0. The summed E-state index contributed by atoms with van der Waals surface area (Å²) in [4.78, 5) is 19.0. The number of carbonyl (C=O) groups is 1. The summed E-state index contributed by atoms with van der Waals surface area (Å²) in [6.45, 7) is 1.39. The van der Waals surface area contributed by atoms with Crippen LogP contribution in [0.1, 0.15) is 59.3 Å². The molecule has 0 radical (unpaired) electrons. The van der Waals surface area contributed by atoms with Crippen LogP contribution in [0.3, 0.4) is 0 Å². The van der Waals surface area contributed by atoms with Gasteiger partial charge in [-0.1, -0.05) is 0 Å². The van der Waals surface area contributed by atoms with Gasteiger partial charge in [0.2, 0.25) is 0 Å². The predicted octanol–water partition coefficient (Wildman–Crippen LogP) is 4.15. The maximum absolute atomic E-state index is 11.8. The van der Waals surface area contributed by atoms with Crippen molar-refractivity contribution in [3.05, 3.63) is 47.3 Å². The number of aromatic nitrogens is 1. The van der Waals surface area contributed by atoms with Crippen molar-refractivity contribution >= 4 is 17.3 Å². The standard InChI is InChI=1S/C21H22N2O3/c1-25-21(24)15-6-7-19-20(10-15)26-9-8-23(19)16-11-17(13-2-3-13)22-18(12-16)14-4-5-14/h6-7,10-14H,2-5,8-9H2,1H3. The predicted molar refractivity (Wildman–Crippen MR) is 98.5 cm³/mol. The quantitative estimate of drug-likeness (QED) is 0.775. The van der Waals surface area contributed by atoms with Crippen molar-refractivity contribution in [3.8, 4) is 5.75 Å². The van der Waals surface area contributed by atoms with Gasteiger partial charge in [-0.2, -0.15) is 0 Å². The van der Waals surface area contributed by atoms with Gasteiger partial charge >= 0.3 is 5.97 Å². The average molecular weight is 350 g/mol. The molecular formula is C21H22N2O3. The molecular weight excluding hydrogens is 328 g/mol. The Morgan fingerprint density at radius 1 is 1.12 bits per heavy atom. The Hall–Kier alpha value is -2.56. The molecule has 0 spiro atoms. The molecule has 5 rings (SSSR count). The topological polar surface area (TPSA) is 51.7 Å². The van der Waals surface area contributed by atoms with Crippen LogP contribution in [-0.2, 0) is 4.74 Å². The third-order valence-corrected chi connectivity index (χ3v) is 5.40. The highest BCUT2D eigenvalue weighted by Gasteiger charge is 2.31. The molecule has 26 heavy (non-hydrogen) atoms. The number of hydrogen-bond donors (Lipinski definition) is 0. The van der Waals surface area contributed by atoms with Gasteiger partial charge in [0, 0.05) is 28.9 Å². The number of carbonyl (C=O) groups excluding carboxylic acids is 1. The lowest BCUT2D eigenvalue weighted by Crippen LogP contribution is -2.29. The minimum atomic E-state index is -0.343. The van der Waals surface area contributed by atoms with Crippen molar-refractivity contribution in [1.29, 1.82) is 0 Å². The van der Waals surface area contributed by atoms with Crippen molar-refractivity contribution in [2.24, 2.45) is 0 Å². The Bertz CT molecular complexity index is 841. The third-order valence-electron chi connectivity index (χ3n) is 5.40. The summed E-state index contributed by atoms with van der Waals surface area (Å²) >= 11 is 0. The van der Waals surface area contributed by atoms with E-state index in [1.807, 2.05) is 6.07 Å². The summed E-state index contributed by atoms with van der Waals surface area (Å²) in [5.41, 5.74) is 5.19. The number of hydrogen-bond acceptors (Lipinski definition) is 5. The van der Waals surface area contributed by atoms with Crippen molar-refractivity contribution in [2.45, 2.75) is 37.5 Å². The molecule has 0 amide bonds. The molecule has 0 saturated heterocycles. The van der Waals surface area contributed by atoms with Crippen LogP contribution < -0.4 is 9.64 Å². The number of methoxy groups -OCH3 is 1. The summed E-state index contributed by atoms with van der Waals surface area (Å²) < 4.78 is 10.6. The van der Waals surface area contributed by atoms with E-state index in [-0.39, 0.29) is 5.97 Å². The molecule has 0 unspecified atom stereocenters. The van der Waals surface area contributed by atoms with Gasteiger partial charge in [-0.15, -0.1) is 0 Å². The fourth-order valence-corrected chi connectivity index (χ4v) is 3.62. The minimum absolute atomic E-state index is 0.343. The Morgan fingerprint density at radius 3 is 2.42 bits per heavy atom. The number of rotatable bonds is 4. The molecule has 2 aromatic rings. The van der Waals surface area contributed by atoms with Crippen molar-refractivity contribution in [1.82, 2.24) is 4.98 Å². The van der Waals surface area contributed by atoms with Crippen molar-refractivity contribution < 1.29 is 14.3 Å². The Labute approximate surface area is 152 Å². The molecule has 1 aromatic heterocycles. The van der Waals surface area contributed by atoms with E-state index in [2.05, 4.69) is 17.0 Å². The van der Waals surface area contributed by atoms with Crippen LogP contribution in [0.2, 0.25) is 0 Å². The second kappa shape index (κ2) is 6.01. The van der Waals surface area contributed by atoms with Crippen LogP contribution in [0.4, 0.5) is 11.4 Å². The average Bonchev–Trinajstić information content (AvgIpc) is 3.58. The van der Waals surface area contributed by atoms with E-state index >= 15 is 0 Å². The highest BCUT2D eigenvalue weighted by molar-refractivity contribution is 5.91. The third kappa shape index (κ3) is 2.81. The molecule has 2 saturated carbocycles. The largest absolute Gasteiger partial charge is 0.490 e. The second-order valence-electron chi connectivity index (χ2n) is 7.40. The van der Waals surface area contributed by atoms with E-state index in [1.165, 1.54) is 49.9 Å². The van der Waals surface area contributed by atoms with Crippen molar-refractivity contribution in [3.63, 3.8) is 0 Å². The molecule has 5 heteroatoms. The molecule has 134 valence electrons. The van der Waals surface area contributed by atoms with Gasteiger partial charge < -0.3 is 14.4 Å². The lowest BCUT2D eigenvalue weighted by atomic mass is 10.1. The zero-order chi connectivity index (χ0) is 17.7. The molecule has 0 atom stereocenters. The van der Waals surface area contributed by atoms with Gasteiger partial charge in [-0.3, -0.25) is 4.98 Å². The summed E-state index contributed by atoms with van der Waals surface area (Å²) in [7, 11) is 1.39. The molecule has 5 nitrogen and oxygen atoms in total. The van der Waals surface area contributed by atoms with Gasteiger partial charge in [0.15, 0.2) is 0 Å². The van der Waals surface area contributed by atoms with Crippen LogP contribution in [0.25, 0.3) is 0 Å². The summed E-state index contributed by atoms with van der Waals surface area (Å²) in [5, 5.41) is 0. The van der Waals surface area contributed by atoms with E-state index in [4.69, 9.17) is 14.5 Å². The normalized spacial score (nSPS) is 18.9. The lowest BCUT2D eigenvalue weighted by molar-refractivity contribution is 0.0600. The lowest BCUT2D eigenvalue weighted by Gasteiger charge is -2.32. The van der Waals surface area contributed by atoms with Gasteiger partial charge in [-0.25, -0.2) is 4.79 Å². The van der Waals surface area contributed by atoms with E-state index in [0.717, 1.165) is 18.0 Å². The number of esters is 1. The number of pyridine rings is 1. The van der Waals surface area contributed by atoms with Gasteiger partial charge in [0.25, 0.3) is 0 Å². The summed E-state index contributed by atoms with van der Waals surface area (Å²) in [6.07, 6.45) is 5.01. The number of ether oxygens (including phenoxy) is 2. The van der Waals surface area contributed by atoms with Crippen LogP contribution in [-0.4, -0.2) is 31.2 Å². The number of anilines is 2. The SMILES string of the molecule is COC(=O)c1ccc2c(c1)OCCN2c1cc(C2CC2)nc(C2CC2)c1. The maximum atomic E-state index is 11.8. The van der Waals surface area contributed by atoms with E-state index in [0.29, 0.717) is 24.0 Å². The monoisotopic (exact) mass is 350 g/mol. The Balaban J connectivity index is 1.54. The Morgan fingerprint density at radius 2 is 1.81 bits per heavy atom. The number of benzene rings is 1. The molecule has 3 aliphatic rings. The minimum Gasteiger partial charge on any atom is -0.490 e. The van der Waals surface area contributed by atoms with Crippen LogP contribution in [0.15, 0.2) is 30.3 Å². The Kier molecular flexibility index (Phi) is 3.62. The van der Waals surface area contributed by atoms with Gasteiger partial charge in [0.1, 0.15) is 12.4 Å². The zero-order valence-corrected chi connectivity index (χ0v) is 14.9. The molecule has 0 N–H and O–H groups in total. The summed E-state index contributed by atoms with van der Waals surface area (Å²) in [5.74, 6) is 1.66. The molecule has 2 heterocycles. The first kappa shape index (κ1) is 15.7. The van der Waals surface area contributed by atoms with Crippen LogP contribution in [0.5, 0.6) is 5.75 Å². The molecule has 1 aliphatic heterocycles. The fraction of sp³-hybridized carbons (Fsp3) is 0.429. The maximum Gasteiger partial charge on any atom is 0.337 e. The highest BCUT2D eigenvalue weighted by atomic mass is 16.5. The zero-order valence-electron chi connectivity index (χ0n) is 14.9. The smallest absolute Gasteiger partial charge is 0.337 e. The number of nitrogens with zero attached hydrogens (tertiary/aromatic N) is 2. The van der Waals surface area contributed by atoms with Gasteiger partial charge in [0.05, 0.1) is 24.9 Å². The van der Waals surface area contributed by atoms with Crippen molar-refractivity contribution in [2.75, 3.05) is 25.2 Å².